The number of methoxy groups -OCH3 is 1. The predicted octanol–water partition coefficient (Wildman–Crippen LogP) is 5.33. The van der Waals surface area contributed by atoms with Crippen LogP contribution in [0.4, 0.5) is 8.78 Å². The number of hydrogen-bond acceptors (Lipinski definition) is 9. The van der Waals surface area contributed by atoms with Crippen molar-refractivity contribution in [1.82, 2.24) is 0 Å². The maximum Gasteiger partial charge on any atom is 0.310 e. The molecule has 0 radical (unpaired) electrons. The maximum atomic E-state index is 17.6. The summed E-state index contributed by atoms with van der Waals surface area (Å²) in [6.45, 7) is 3.17. The van der Waals surface area contributed by atoms with Crippen LogP contribution in [-0.4, -0.2) is 64.7 Å². The number of rotatable bonds is 8. The first-order valence-electron chi connectivity index (χ1n) is 15.4. The van der Waals surface area contributed by atoms with E-state index in [0.29, 0.717) is 42.2 Å². The quantitative estimate of drug-likeness (QED) is 0.228. The highest BCUT2D eigenvalue weighted by Crippen LogP contribution is 2.72. The summed E-state index contributed by atoms with van der Waals surface area (Å²) in [4.78, 5) is 53.9. The Hall–Kier alpha value is -3.05. The van der Waals surface area contributed by atoms with E-state index in [-0.39, 0.29) is 36.4 Å². The number of hydrogen-bond donors (Lipinski definition) is 1. The van der Waals surface area contributed by atoms with Crippen molar-refractivity contribution in [3.8, 4) is 5.75 Å². The van der Waals surface area contributed by atoms with Crippen molar-refractivity contribution in [2.75, 3.05) is 12.9 Å². The van der Waals surface area contributed by atoms with E-state index in [0.717, 1.165) is 6.42 Å². The molecule has 0 saturated heterocycles. The minimum Gasteiger partial charge on any atom is -0.497 e. The number of thioether (sulfide) groups is 1. The molecular weight excluding hydrogens is 606 g/mol. The third-order valence-corrected chi connectivity index (χ3v) is 12.6. The smallest absolute Gasteiger partial charge is 0.310 e. The summed E-state index contributed by atoms with van der Waals surface area (Å²) in [5, 5.41) is 11.0. The topological polar surface area (TPSA) is 116 Å². The number of halogens is 2. The van der Waals surface area contributed by atoms with E-state index >= 15 is 8.78 Å². The fourth-order valence-electron chi connectivity index (χ4n) is 8.83. The van der Waals surface area contributed by atoms with Gasteiger partial charge in [0.05, 0.1) is 48.7 Å². The van der Waals surface area contributed by atoms with Gasteiger partial charge in [-0.2, -0.15) is 0 Å². The summed E-state index contributed by atoms with van der Waals surface area (Å²) < 4.78 is 50.0. The molecule has 5 aliphatic rings. The molecule has 0 aromatic heterocycles. The molecule has 1 N–H and O–H groups in total. The van der Waals surface area contributed by atoms with E-state index in [4.69, 9.17) is 14.2 Å². The Bertz CT molecular complexity index is 1460. The Morgan fingerprint density at radius 1 is 1.13 bits per heavy atom. The number of aliphatic hydroxyl groups excluding tert-OH is 1. The highest BCUT2D eigenvalue weighted by molar-refractivity contribution is 8.14. The van der Waals surface area contributed by atoms with Gasteiger partial charge in [0.2, 0.25) is 5.12 Å². The molecule has 45 heavy (non-hydrogen) atoms. The second-order valence-electron chi connectivity index (χ2n) is 13.5. The van der Waals surface area contributed by atoms with Crippen molar-refractivity contribution in [3.05, 3.63) is 54.0 Å². The third kappa shape index (κ3) is 4.47. The van der Waals surface area contributed by atoms with Crippen LogP contribution in [0.25, 0.3) is 0 Å². The summed E-state index contributed by atoms with van der Waals surface area (Å²) in [6, 6.07) is 6.39. The number of aliphatic hydroxyl groups is 1. The molecule has 4 aliphatic carbocycles. The first-order valence-corrected chi connectivity index (χ1v) is 16.4. The summed E-state index contributed by atoms with van der Waals surface area (Å²) in [5.74, 6) is -4.29. The number of benzene rings is 1. The highest BCUT2D eigenvalue weighted by Gasteiger charge is 2.79. The number of esters is 1. The first kappa shape index (κ1) is 31.9. The zero-order chi connectivity index (χ0) is 32.4. The van der Waals surface area contributed by atoms with Crippen LogP contribution in [-0.2, 0) is 23.9 Å². The van der Waals surface area contributed by atoms with Gasteiger partial charge in [0.25, 0.3) is 0 Å². The lowest BCUT2D eigenvalue weighted by Gasteiger charge is -2.62. The number of fused-ring (bicyclic) bond motifs is 5. The Balaban J connectivity index is 1.39. The number of ketones is 1. The average molecular weight is 645 g/mol. The van der Waals surface area contributed by atoms with E-state index in [1.807, 2.05) is 0 Å². The molecule has 1 heterocycles. The molecule has 6 rings (SSSR count). The van der Waals surface area contributed by atoms with Gasteiger partial charge in [-0.25, -0.2) is 8.78 Å². The van der Waals surface area contributed by atoms with Crippen molar-refractivity contribution in [3.63, 3.8) is 0 Å². The van der Waals surface area contributed by atoms with Gasteiger partial charge >= 0.3 is 5.97 Å². The van der Waals surface area contributed by atoms with Crippen LogP contribution in [0, 0.1) is 34.5 Å². The lowest BCUT2D eigenvalue weighted by atomic mass is 9.45. The zero-order valence-electron chi connectivity index (χ0n) is 25.5. The Morgan fingerprint density at radius 2 is 1.84 bits per heavy atom. The number of carbonyl (C=O) groups is 4. The second-order valence-corrected chi connectivity index (χ2v) is 14.5. The lowest BCUT2D eigenvalue weighted by molar-refractivity contribution is -0.231. The van der Waals surface area contributed by atoms with Gasteiger partial charge in [-0.3, -0.25) is 14.4 Å². The normalized spacial score (nSPS) is 40.0. The van der Waals surface area contributed by atoms with E-state index in [1.165, 1.54) is 32.6 Å². The van der Waals surface area contributed by atoms with Crippen molar-refractivity contribution < 1.29 is 47.3 Å². The molecule has 1 aliphatic heterocycles. The number of allylic oxidation sites excluding steroid dienone is 2. The molecule has 0 spiro atoms. The molecule has 1 aromatic rings. The largest absolute Gasteiger partial charge is 0.497 e. The Labute approximate surface area is 264 Å². The van der Waals surface area contributed by atoms with Crippen molar-refractivity contribution >= 4 is 34.9 Å². The number of alkyl halides is 2. The van der Waals surface area contributed by atoms with Gasteiger partial charge in [-0.05, 0) is 75.3 Å². The zero-order valence-corrected chi connectivity index (χ0v) is 26.3. The predicted molar refractivity (Wildman–Crippen MR) is 161 cm³/mol. The fourth-order valence-corrected chi connectivity index (χ4v) is 9.90. The highest BCUT2D eigenvalue weighted by atomic mass is 32.2. The molecule has 242 valence electrons. The molecule has 4 fully saturated rings. The van der Waals surface area contributed by atoms with Crippen LogP contribution in [0.2, 0.25) is 0 Å². The third-order valence-electron chi connectivity index (χ3n) is 11.6. The van der Waals surface area contributed by atoms with Gasteiger partial charge in [-0.1, -0.05) is 25.1 Å². The molecule has 4 saturated carbocycles. The lowest BCUT2D eigenvalue weighted by Crippen LogP contribution is -2.71. The van der Waals surface area contributed by atoms with Gasteiger partial charge in [-0.15, -0.1) is 0 Å². The average Bonchev–Trinajstić information content (AvgIpc) is 3.24. The van der Waals surface area contributed by atoms with Crippen LogP contribution < -0.4 is 4.74 Å². The molecule has 0 amide bonds. The van der Waals surface area contributed by atoms with E-state index in [2.05, 4.69) is 0 Å². The van der Waals surface area contributed by atoms with Crippen LogP contribution in [0.5, 0.6) is 5.75 Å². The van der Waals surface area contributed by atoms with Crippen molar-refractivity contribution in [2.24, 2.45) is 34.5 Å². The van der Waals surface area contributed by atoms with Gasteiger partial charge in [0, 0.05) is 22.5 Å². The fraction of sp³-hybridized carbons (Fsp3) is 0.588. The molecule has 1 aromatic carbocycles. The van der Waals surface area contributed by atoms with Crippen molar-refractivity contribution in [2.45, 2.75) is 75.9 Å². The summed E-state index contributed by atoms with van der Waals surface area (Å²) in [7, 11) is 1.50. The van der Waals surface area contributed by atoms with Gasteiger partial charge in [0.15, 0.2) is 17.1 Å². The molecule has 8 nitrogen and oxygen atoms in total. The van der Waals surface area contributed by atoms with E-state index < -0.39 is 69.1 Å². The van der Waals surface area contributed by atoms with Crippen LogP contribution in [0.15, 0.2) is 48.4 Å². The standard InChI is InChI=1S/C34H38F2O8S/c1-31-11-12-43-17-25(31)26(35)14-24-23-13-21(16-37)34(44-29(40)20-5-4-6-20,32(23,2)15-28(39)33(24,31)36)30(41)45-18-27(38)19-7-9-22(42-3)10-8-19/h7-12,16-17,20-21,23-24,26,28,39H,4-6,13-15,18H2,1-3H3/t21-,23-,24-,26-,28-,31-,32-,33-,34-/m0/s1. The monoisotopic (exact) mass is 644 g/mol. The Morgan fingerprint density at radius 3 is 2.47 bits per heavy atom. The number of ether oxygens (including phenoxy) is 3. The van der Waals surface area contributed by atoms with E-state index in [1.54, 1.807) is 31.2 Å². The molecule has 0 bridgehead atoms. The summed E-state index contributed by atoms with van der Waals surface area (Å²) in [6.07, 6.45) is 2.45. The number of Topliss-reactive ketones (excluding diaryl/α,β-unsaturated/α-hetero) is 1. The summed E-state index contributed by atoms with van der Waals surface area (Å²) >= 11 is 0.644. The SMILES string of the molecule is COc1ccc(C(=O)CSC(=O)[C@@]2(OC(=O)C3CCC3)[C@H](C=O)C[C@H]3[C@@H]4C[C@H](F)C5=COC=C[C@]5(C)[C@@]4(F)[C@@H](O)C[C@@]32C)cc1. The van der Waals surface area contributed by atoms with Crippen LogP contribution in [0.1, 0.15) is 62.7 Å². The molecular formula is C34H38F2O8S. The Kier molecular flexibility index (Phi) is 8.04. The molecule has 9 atom stereocenters. The first-order chi connectivity index (χ1) is 21.4. The van der Waals surface area contributed by atoms with Crippen molar-refractivity contribution in [1.29, 1.82) is 0 Å². The maximum absolute atomic E-state index is 17.6. The minimum atomic E-state index is -2.35. The minimum absolute atomic E-state index is 0.0399. The second kappa shape index (κ2) is 11.3. The van der Waals surface area contributed by atoms with Crippen LogP contribution >= 0.6 is 11.8 Å². The van der Waals surface area contributed by atoms with Gasteiger partial charge in [0.1, 0.15) is 18.2 Å². The molecule has 0 unspecified atom stereocenters. The number of carbonyl (C=O) groups excluding carboxylic acids is 4. The summed E-state index contributed by atoms with van der Waals surface area (Å²) in [5.41, 5.74) is -6.99. The van der Waals surface area contributed by atoms with Crippen LogP contribution in [0.3, 0.4) is 0 Å². The molecule has 11 heteroatoms. The van der Waals surface area contributed by atoms with E-state index in [9.17, 15) is 24.3 Å². The van der Waals surface area contributed by atoms with Gasteiger partial charge < -0.3 is 24.1 Å². The number of aldehydes is 1.